The molecule has 1 N–H and O–H groups in total. The standard InChI is InChI=1S/C28H37Cl2NO7/c1-3-5-14-38-28(34)31(11-6-13-35-20-22-16-23(29)19-24(30)17-22)12-15-37-25-9-7-21(8-10-25)18-26(27(32)33)36-4-2/h7-10,16-17,19,26H,3-6,11-15,18,20H2,1-2H3,(H,32,33). The molecular formula is C28H37Cl2NO7. The van der Waals surface area contributed by atoms with E-state index in [2.05, 4.69) is 0 Å². The van der Waals surface area contributed by atoms with E-state index in [0.717, 1.165) is 24.0 Å². The normalized spacial score (nSPS) is 11.7. The lowest BCUT2D eigenvalue weighted by Crippen LogP contribution is -2.36. The van der Waals surface area contributed by atoms with Crippen LogP contribution in [0.3, 0.4) is 0 Å². The molecule has 2 aromatic rings. The Balaban J connectivity index is 1.82. The van der Waals surface area contributed by atoms with Gasteiger partial charge in [0.15, 0.2) is 6.10 Å². The first-order valence-corrected chi connectivity index (χ1v) is 13.6. The quantitative estimate of drug-likeness (QED) is 0.212. The maximum Gasteiger partial charge on any atom is 0.409 e. The number of carboxylic acids is 1. The summed E-state index contributed by atoms with van der Waals surface area (Å²) >= 11 is 12.1. The molecule has 0 aliphatic rings. The second-order valence-electron chi connectivity index (χ2n) is 8.62. The Kier molecular flexibility index (Phi) is 14.9. The summed E-state index contributed by atoms with van der Waals surface area (Å²) < 4.78 is 22.2. The molecule has 1 amide bonds. The van der Waals surface area contributed by atoms with E-state index in [9.17, 15) is 14.7 Å². The molecule has 0 heterocycles. The number of benzene rings is 2. The van der Waals surface area contributed by atoms with Gasteiger partial charge in [0.25, 0.3) is 0 Å². The van der Waals surface area contributed by atoms with Crippen LogP contribution < -0.4 is 4.74 Å². The summed E-state index contributed by atoms with van der Waals surface area (Å²) in [6.45, 7) is 6.41. The van der Waals surface area contributed by atoms with Crippen LogP contribution in [0.25, 0.3) is 0 Å². The van der Waals surface area contributed by atoms with Crippen LogP contribution >= 0.6 is 23.2 Å². The number of aliphatic carboxylic acids is 1. The molecule has 0 aromatic heterocycles. The van der Waals surface area contributed by atoms with Gasteiger partial charge in [-0.2, -0.15) is 0 Å². The molecular weight excluding hydrogens is 533 g/mol. The number of unbranched alkanes of at least 4 members (excludes halogenated alkanes) is 1. The molecule has 38 heavy (non-hydrogen) atoms. The molecule has 0 spiro atoms. The van der Waals surface area contributed by atoms with Crippen molar-refractivity contribution in [1.29, 1.82) is 0 Å². The third-order valence-corrected chi connectivity index (χ3v) is 5.94. The SMILES string of the molecule is CCCCOC(=O)N(CCCOCc1cc(Cl)cc(Cl)c1)CCOc1ccc(CC(OCC)C(=O)O)cc1. The smallest absolute Gasteiger partial charge is 0.409 e. The van der Waals surface area contributed by atoms with Gasteiger partial charge < -0.3 is 29.0 Å². The van der Waals surface area contributed by atoms with E-state index in [1.807, 2.05) is 19.1 Å². The topological polar surface area (TPSA) is 94.5 Å². The van der Waals surface area contributed by atoms with Crippen LogP contribution in [-0.2, 0) is 32.0 Å². The summed E-state index contributed by atoms with van der Waals surface area (Å²) in [6.07, 6.45) is 1.37. The summed E-state index contributed by atoms with van der Waals surface area (Å²) in [6, 6.07) is 12.5. The van der Waals surface area contributed by atoms with Gasteiger partial charge in [0.05, 0.1) is 19.8 Å². The Morgan fingerprint density at radius 1 is 0.921 bits per heavy atom. The lowest BCUT2D eigenvalue weighted by atomic mass is 10.1. The van der Waals surface area contributed by atoms with E-state index >= 15 is 0 Å². The minimum Gasteiger partial charge on any atom is -0.492 e. The number of hydrogen-bond acceptors (Lipinski definition) is 6. The molecule has 8 nitrogen and oxygen atoms in total. The number of carbonyl (C=O) groups is 2. The Labute approximate surface area is 234 Å². The largest absolute Gasteiger partial charge is 0.492 e. The maximum absolute atomic E-state index is 12.6. The van der Waals surface area contributed by atoms with Crippen molar-refractivity contribution < 1.29 is 33.6 Å². The fourth-order valence-electron chi connectivity index (χ4n) is 3.56. The van der Waals surface area contributed by atoms with E-state index < -0.39 is 12.1 Å². The highest BCUT2D eigenvalue weighted by Crippen LogP contribution is 2.19. The van der Waals surface area contributed by atoms with Crippen molar-refractivity contribution in [2.75, 3.05) is 39.5 Å². The van der Waals surface area contributed by atoms with Crippen molar-refractivity contribution in [2.45, 2.75) is 52.2 Å². The lowest BCUT2D eigenvalue weighted by Gasteiger charge is -2.22. The van der Waals surface area contributed by atoms with E-state index in [1.54, 1.807) is 42.2 Å². The Hall–Kier alpha value is -2.52. The van der Waals surface area contributed by atoms with Gasteiger partial charge >= 0.3 is 12.1 Å². The van der Waals surface area contributed by atoms with Gasteiger partial charge in [-0.25, -0.2) is 9.59 Å². The van der Waals surface area contributed by atoms with Crippen molar-refractivity contribution in [2.24, 2.45) is 0 Å². The lowest BCUT2D eigenvalue weighted by molar-refractivity contribution is -0.149. The molecule has 0 fully saturated rings. The first kappa shape index (κ1) is 31.7. The fourth-order valence-corrected chi connectivity index (χ4v) is 4.13. The first-order valence-electron chi connectivity index (χ1n) is 12.8. The molecule has 2 aromatic carbocycles. The van der Waals surface area contributed by atoms with Crippen LogP contribution in [0, 0.1) is 0 Å². The van der Waals surface area contributed by atoms with Gasteiger partial charge in [-0.3, -0.25) is 0 Å². The fraction of sp³-hybridized carbons (Fsp3) is 0.500. The van der Waals surface area contributed by atoms with Gasteiger partial charge in [-0.1, -0.05) is 48.7 Å². The van der Waals surface area contributed by atoms with Gasteiger partial charge in [0.2, 0.25) is 0 Å². The molecule has 2 rings (SSSR count). The zero-order valence-corrected chi connectivity index (χ0v) is 23.5. The average Bonchev–Trinajstić information content (AvgIpc) is 2.87. The summed E-state index contributed by atoms with van der Waals surface area (Å²) in [4.78, 5) is 25.5. The third-order valence-electron chi connectivity index (χ3n) is 5.51. The highest BCUT2D eigenvalue weighted by molar-refractivity contribution is 6.34. The van der Waals surface area contributed by atoms with Crippen molar-refractivity contribution in [1.82, 2.24) is 4.90 Å². The van der Waals surface area contributed by atoms with Crippen molar-refractivity contribution in [3.05, 3.63) is 63.6 Å². The van der Waals surface area contributed by atoms with E-state index in [1.165, 1.54) is 0 Å². The Morgan fingerprint density at radius 3 is 2.26 bits per heavy atom. The number of carbonyl (C=O) groups excluding carboxylic acids is 1. The van der Waals surface area contributed by atoms with Crippen LogP contribution in [0.4, 0.5) is 4.79 Å². The zero-order chi connectivity index (χ0) is 27.8. The highest BCUT2D eigenvalue weighted by atomic mass is 35.5. The van der Waals surface area contributed by atoms with Gasteiger partial charge in [-0.15, -0.1) is 0 Å². The van der Waals surface area contributed by atoms with E-state index in [-0.39, 0.29) is 19.1 Å². The monoisotopic (exact) mass is 569 g/mol. The second kappa shape index (κ2) is 17.9. The highest BCUT2D eigenvalue weighted by Gasteiger charge is 2.18. The number of nitrogens with zero attached hydrogens (tertiary/aromatic N) is 1. The molecule has 10 heteroatoms. The van der Waals surface area contributed by atoms with Crippen LogP contribution in [0.1, 0.15) is 44.2 Å². The summed E-state index contributed by atoms with van der Waals surface area (Å²) in [5.74, 6) is -0.364. The van der Waals surface area contributed by atoms with E-state index in [4.69, 9.17) is 42.1 Å². The van der Waals surface area contributed by atoms with Gasteiger partial charge in [0.1, 0.15) is 12.4 Å². The maximum atomic E-state index is 12.6. The Morgan fingerprint density at radius 2 is 1.63 bits per heavy atom. The summed E-state index contributed by atoms with van der Waals surface area (Å²) in [5.41, 5.74) is 1.72. The number of amides is 1. The predicted molar refractivity (Wildman–Crippen MR) is 147 cm³/mol. The van der Waals surface area contributed by atoms with Crippen LogP contribution in [-0.4, -0.2) is 67.7 Å². The molecule has 0 aliphatic heterocycles. The molecule has 0 radical (unpaired) electrons. The molecule has 0 bridgehead atoms. The first-order chi connectivity index (χ1) is 18.3. The van der Waals surface area contributed by atoms with Crippen LogP contribution in [0.5, 0.6) is 5.75 Å². The molecule has 0 aliphatic carbocycles. The van der Waals surface area contributed by atoms with Crippen LogP contribution in [0.2, 0.25) is 10.0 Å². The molecule has 0 saturated carbocycles. The minimum absolute atomic E-state index is 0.271. The van der Waals surface area contributed by atoms with Crippen LogP contribution in [0.15, 0.2) is 42.5 Å². The number of carboxylic acid groups (broad SMARTS) is 1. The minimum atomic E-state index is -0.989. The third kappa shape index (κ3) is 12.3. The van der Waals surface area contributed by atoms with Crippen molar-refractivity contribution >= 4 is 35.3 Å². The number of rotatable bonds is 18. The molecule has 0 saturated heterocycles. The number of halogens is 2. The summed E-state index contributed by atoms with van der Waals surface area (Å²) in [5, 5.41) is 10.4. The van der Waals surface area contributed by atoms with Gasteiger partial charge in [-0.05, 0) is 61.2 Å². The average molecular weight is 571 g/mol. The number of ether oxygens (including phenoxy) is 4. The summed E-state index contributed by atoms with van der Waals surface area (Å²) in [7, 11) is 0. The van der Waals surface area contributed by atoms with Crippen molar-refractivity contribution in [3.8, 4) is 5.75 Å². The van der Waals surface area contributed by atoms with Crippen molar-refractivity contribution in [3.63, 3.8) is 0 Å². The second-order valence-corrected chi connectivity index (χ2v) is 9.49. The molecule has 1 unspecified atom stereocenters. The van der Waals surface area contributed by atoms with Gasteiger partial charge in [0, 0.05) is 36.2 Å². The van der Waals surface area contributed by atoms with E-state index in [0.29, 0.717) is 61.7 Å². The molecule has 210 valence electrons. The predicted octanol–water partition coefficient (Wildman–Crippen LogP) is 6.25. The zero-order valence-electron chi connectivity index (χ0n) is 22.0. The molecule has 1 atom stereocenters. The number of hydrogen-bond donors (Lipinski definition) is 1. The Bertz CT molecular complexity index is 967.